The Kier molecular flexibility index (Phi) is 2.92. The van der Waals surface area contributed by atoms with E-state index in [4.69, 9.17) is 22.1 Å². The number of halogens is 2. The number of hydrogen-bond acceptors (Lipinski definition) is 3. The summed E-state index contributed by atoms with van der Waals surface area (Å²) < 4.78 is 18.5. The molecule has 0 spiro atoms. The highest BCUT2D eigenvalue weighted by atomic mass is 35.5. The molecule has 1 aromatic carbocycles. The fraction of sp³-hybridized carbons (Fsp3) is 0. The number of hydrogen-bond donors (Lipinski definition) is 1. The van der Waals surface area contributed by atoms with E-state index in [1.54, 1.807) is 18.2 Å². The van der Waals surface area contributed by atoms with Gasteiger partial charge in [-0.05, 0) is 18.2 Å². The Hall–Kier alpha value is -1.81. The molecule has 3 nitrogen and oxygen atoms in total. The third-order valence-electron chi connectivity index (χ3n) is 1.88. The molecule has 2 N–H and O–H groups in total. The van der Waals surface area contributed by atoms with E-state index < -0.39 is 5.82 Å². The molecule has 0 radical (unpaired) electrons. The summed E-state index contributed by atoms with van der Waals surface area (Å²) in [5, 5.41) is 0.0570. The van der Waals surface area contributed by atoms with Gasteiger partial charge in [-0.15, -0.1) is 0 Å². The molecule has 1 aromatic heterocycles. The van der Waals surface area contributed by atoms with E-state index in [1.165, 1.54) is 18.3 Å². The molecule has 0 fully saturated rings. The second kappa shape index (κ2) is 4.37. The maximum atomic E-state index is 13.1. The van der Waals surface area contributed by atoms with Crippen molar-refractivity contribution in [2.24, 2.45) is 0 Å². The van der Waals surface area contributed by atoms with Gasteiger partial charge in [-0.25, -0.2) is 9.37 Å². The predicted octanol–water partition coefficient (Wildman–Crippen LogP) is 3.25. The van der Waals surface area contributed by atoms with Gasteiger partial charge in [0.05, 0.1) is 5.02 Å². The molecule has 2 rings (SSSR count). The highest BCUT2D eigenvalue weighted by molar-refractivity contribution is 6.30. The van der Waals surface area contributed by atoms with Crippen LogP contribution < -0.4 is 10.5 Å². The lowest BCUT2D eigenvalue weighted by molar-refractivity contribution is 0.476. The Morgan fingerprint density at radius 3 is 2.62 bits per heavy atom. The summed E-state index contributed by atoms with van der Waals surface area (Å²) >= 11 is 5.55. The fourth-order valence-corrected chi connectivity index (χ4v) is 1.29. The van der Waals surface area contributed by atoms with Crippen LogP contribution in [0.5, 0.6) is 11.5 Å². The average molecular weight is 239 g/mol. The number of nitrogen functional groups attached to an aromatic ring is 1. The van der Waals surface area contributed by atoms with E-state index >= 15 is 0 Å². The second-order valence-corrected chi connectivity index (χ2v) is 3.50. The van der Waals surface area contributed by atoms with Crippen LogP contribution in [0.4, 0.5) is 10.2 Å². The lowest BCUT2D eigenvalue weighted by Gasteiger charge is -2.06. The fourth-order valence-electron chi connectivity index (χ4n) is 1.17. The highest BCUT2D eigenvalue weighted by Crippen LogP contribution is 2.25. The van der Waals surface area contributed by atoms with Crippen LogP contribution in [-0.2, 0) is 0 Å². The number of anilines is 1. The second-order valence-electron chi connectivity index (χ2n) is 3.09. The summed E-state index contributed by atoms with van der Waals surface area (Å²) in [5.74, 6) is 0.662. The Labute approximate surface area is 96.6 Å². The normalized spacial score (nSPS) is 10.1. The van der Waals surface area contributed by atoms with Gasteiger partial charge in [0, 0.05) is 18.3 Å². The van der Waals surface area contributed by atoms with Crippen molar-refractivity contribution in [3.05, 3.63) is 47.4 Å². The minimum Gasteiger partial charge on any atom is -0.457 e. The Balaban J connectivity index is 2.24. The minimum absolute atomic E-state index is 0.0570. The standard InChI is InChI=1S/C11H8ClFN2O/c12-9-2-1-7(5-10(9)13)16-8-3-4-15-11(14)6-8/h1-6H,(H2,14,15). The highest BCUT2D eigenvalue weighted by Gasteiger charge is 2.03. The van der Waals surface area contributed by atoms with Gasteiger partial charge in [0.25, 0.3) is 0 Å². The summed E-state index contributed by atoms with van der Waals surface area (Å²) in [6.07, 6.45) is 1.51. The minimum atomic E-state index is -0.527. The van der Waals surface area contributed by atoms with Crippen LogP contribution >= 0.6 is 11.6 Å². The molecule has 16 heavy (non-hydrogen) atoms. The van der Waals surface area contributed by atoms with Crippen molar-refractivity contribution in [2.45, 2.75) is 0 Å². The molecule has 0 aliphatic carbocycles. The number of nitrogens with zero attached hydrogens (tertiary/aromatic N) is 1. The summed E-state index contributed by atoms with van der Waals surface area (Å²) in [7, 11) is 0. The van der Waals surface area contributed by atoms with Crippen LogP contribution in [0.25, 0.3) is 0 Å². The smallest absolute Gasteiger partial charge is 0.145 e. The van der Waals surface area contributed by atoms with Crippen LogP contribution in [0.2, 0.25) is 5.02 Å². The van der Waals surface area contributed by atoms with Crippen molar-refractivity contribution in [3.8, 4) is 11.5 Å². The summed E-state index contributed by atoms with van der Waals surface area (Å²) in [6.45, 7) is 0. The Bertz CT molecular complexity index is 519. The molecule has 0 atom stereocenters. The first-order valence-corrected chi connectivity index (χ1v) is 4.87. The Morgan fingerprint density at radius 1 is 1.19 bits per heavy atom. The van der Waals surface area contributed by atoms with Gasteiger partial charge in [-0.2, -0.15) is 0 Å². The number of ether oxygens (including phenoxy) is 1. The molecule has 0 saturated carbocycles. The average Bonchev–Trinajstić information content (AvgIpc) is 2.24. The van der Waals surface area contributed by atoms with Crippen molar-refractivity contribution in [1.29, 1.82) is 0 Å². The number of rotatable bonds is 2. The third-order valence-corrected chi connectivity index (χ3v) is 2.19. The first kappa shape index (κ1) is 10.7. The molecule has 82 valence electrons. The number of pyridine rings is 1. The zero-order valence-corrected chi connectivity index (χ0v) is 8.91. The molecule has 0 aliphatic heterocycles. The number of benzene rings is 1. The van der Waals surface area contributed by atoms with E-state index in [-0.39, 0.29) is 5.02 Å². The van der Waals surface area contributed by atoms with E-state index in [2.05, 4.69) is 4.98 Å². The molecular formula is C11H8ClFN2O. The number of nitrogens with two attached hydrogens (primary N) is 1. The van der Waals surface area contributed by atoms with E-state index in [0.29, 0.717) is 17.3 Å². The van der Waals surface area contributed by atoms with Crippen LogP contribution in [0.15, 0.2) is 36.5 Å². The van der Waals surface area contributed by atoms with Crippen molar-refractivity contribution in [3.63, 3.8) is 0 Å². The van der Waals surface area contributed by atoms with E-state index in [9.17, 15) is 4.39 Å². The van der Waals surface area contributed by atoms with E-state index in [1.807, 2.05) is 0 Å². The van der Waals surface area contributed by atoms with Crippen molar-refractivity contribution >= 4 is 17.4 Å². The molecule has 0 unspecified atom stereocenters. The molecule has 1 heterocycles. The topological polar surface area (TPSA) is 48.1 Å². The maximum Gasteiger partial charge on any atom is 0.145 e. The maximum absolute atomic E-state index is 13.1. The number of aromatic nitrogens is 1. The first-order valence-electron chi connectivity index (χ1n) is 4.49. The van der Waals surface area contributed by atoms with E-state index in [0.717, 1.165) is 0 Å². The third kappa shape index (κ3) is 2.41. The molecule has 0 bridgehead atoms. The molecular weight excluding hydrogens is 231 g/mol. The SMILES string of the molecule is Nc1cc(Oc2ccc(Cl)c(F)c2)ccn1. The van der Waals surface area contributed by atoms with Crippen molar-refractivity contribution in [1.82, 2.24) is 4.98 Å². The van der Waals surface area contributed by atoms with Gasteiger partial charge in [-0.3, -0.25) is 0 Å². The lowest BCUT2D eigenvalue weighted by Crippen LogP contribution is -1.91. The summed E-state index contributed by atoms with van der Waals surface area (Å²) in [4.78, 5) is 3.82. The van der Waals surface area contributed by atoms with Crippen LogP contribution in [0.3, 0.4) is 0 Å². The van der Waals surface area contributed by atoms with Gasteiger partial charge in [-0.1, -0.05) is 11.6 Å². The summed E-state index contributed by atoms with van der Waals surface area (Å²) in [5.41, 5.74) is 5.48. The Morgan fingerprint density at radius 2 is 1.94 bits per heavy atom. The van der Waals surface area contributed by atoms with Crippen LogP contribution in [0.1, 0.15) is 0 Å². The molecule has 2 aromatic rings. The predicted molar refractivity (Wildman–Crippen MR) is 60.1 cm³/mol. The molecule has 0 aliphatic rings. The molecule has 0 amide bonds. The quantitative estimate of drug-likeness (QED) is 0.874. The zero-order chi connectivity index (χ0) is 11.5. The monoisotopic (exact) mass is 238 g/mol. The van der Waals surface area contributed by atoms with Gasteiger partial charge in [0.1, 0.15) is 23.1 Å². The van der Waals surface area contributed by atoms with Gasteiger partial charge >= 0.3 is 0 Å². The first-order chi connectivity index (χ1) is 7.65. The zero-order valence-electron chi connectivity index (χ0n) is 8.15. The van der Waals surface area contributed by atoms with Gasteiger partial charge in [0.2, 0.25) is 0 Å². The van der Waals surface area contributed by atoms with Gasteiger partial charge in [0.15, 0.2) is 0 Å². The molecule has 0 saturated heterocycles. The van der Waals surface area contributed by atoms with Crippen LogP contribution in [0, 0.1) is 5.82 Å². The van der Waals surface area contributed by atoms with Crippen molar-refractivity contribution < 1.29 is 9.13 Å². The lowest BCUT2D eigenvalue weighted by atomic mass is 10.3. The summed E-state index contributed by atoms with van der Waals surface area (Å²) in [6, 6.07) is 7.38. The van der Waals surface area contributed by atoms with Gasteiger partial charge < -0.3 is 10.5 Å². The molecule has 5 heteroatoms. The largest absolute Gasteiger partial charge is 0.457 e. The van der Waals surface area contributed by atoms with Crippen LogP contribution in [-0.4, -0.2) is 4.98 Å². The van der Waals surface area contributed by atoms with Crippen molar-refractivity contribution in [2.75, 3.05) is 5.73 Å².